The topological polar surface area (TPSA) is 78.1 Å². The zero-order valence-electron chi connectivity index (χ0n) is 11.2. The Hall–Kier alpha value is -2.01. The molecule has 0 bridgehead atoms. The van der Waals surface area contributed by atoms with Crippen LogP contribution in [0.15, 0.2) is 33.2 Å². The standard InChI is InChI=1S/C15H14BrN3O/c1-7-3-10(16)14-13(4-7)19-15(20-14)9-5-11(17)8(2)12(18)6-9/h3-6H,17-18H2,1-2H3. The van der Waals surface area contributed by atoms with Crippen LogP contribution in [-0.4, -0.2) is 4.98 Å². The highest BCUT2D eigenvalue weighted by Gasteiger charge is 2.13. The Bertz CT molecular complexity index is 800. The Morgan fingerprint density at radius 1 is 1.05 bits per heavy atom. The molecule has 0 atom stereocenters. The van der Waals surface area contributed by atoms with Crippen molar-refractivity contribution in [1.29, 1.82) is 0 Å². The highest BCUT2D eigenvalue weighted by atomic mass is 79.9. The normalized spacial score (nSPS) is 11.2. The molecule has 0 aliphatic heterocycles. The predicted octanol–water partition coefficient (Wildman–Crippen LogP) is 4.04. The number of aromatic nitrogens is 1. The van der Waals surface area contributed by atoms with Crippen LogP contribution in [0.4, 0.5) is 11.4 Å². The minimum Gasteiger partial charge on any atom is -0.435 e. The number of hydrogen-bond donors (Lipinski definition) is 2. The van der Waals surface area contributed by atoms with Gasteiger partial charge >= 0.3 is 0 Å². The van der Waals surface area contributed by atoms with Gasteiger partial charge in [-0.15, -0.1) is 0 Å². The second-order valence-electron chi connectivity index (χ2n) is 4.89. The van der Waals surface area contributed by atoms with Gasteiger partial charge < -0.3 is 15.9 Å². The summed E-state index contributed by atoms with van der Waals surface area (Å²) in [7, 11) is 0. The fraction of sp³-hybridized carbons (Fsp3) is 0.133. The lowest BCUT2D eigenvalue weighted by atomic mass is 10.1. The molecule has 4 nitrogen and oxygen atoms in total. The Labute approximate surface area is 124 Å². The van der Waals surface area contributed by atoms with Gasteiger partial charge in [-0.2, -0.15) is 0 Å². The molecule has 5 heteroatoms. The van der Waals surface area contributed by atoms with Crippen molar-refractivity contribution in [3.63, 3.8) is 0 Å². The Morgan fingerprint density at radius 2 is 1.70 bits per heavy atom. The second kappa shape index (κ2) is 4.52. The molecular formula is C15H14BrN3O. The molecule has 0 spiro atoms. The van der Waals surface area contributed by atoms with Crippen molar-refractivity contribution in [1.82, 2.24) is 4.98 Å². The lowest BCUT2D eigenvalue weighted by Gasteiger charge is -2.05. The van der Waals surface area contributed by atoms with Gasteiger partial charge in [0, 0.05) is 16.9 Å². The van der Waals surface area contributed by atoms with Gasteiger partial charge in [0.25, 0.3) is 0 Å². The van der Waals surface area contributed by atoms with E-state index in [1.807, 2.05) is 38.1 Å². The second-order valence-corrected chi connectivity index (χ2v) is 5.75. The monoisotopic (exact) mass is 331 g/mol. The lowest BCUT2D eigenvalue weighted by molar-refractivity contribution is 0.618. The van der Waals surface area contributed by atoms with E-state index in [1.54, 1.807) is 0 Å². The SMILES string of the molecule is Cc1cc(Br)c2oc(-c3cc(N)c(C)c(N)c3)nc2c1. The van der Waals surface area contributed by atoms with Crippen molar-refractivity contribution in [3.8, 4) is 11.5 Å². The largest absolute Gasteiger partial charge is 0.435 e. The van der Waals surface area contributed by atoms with Crippen LogP contribution in [0, 0.1) is 13.8 Å². The van der Waals surface area contributed by atoms with Gasteiger partial charge in [-0.05, 0) is 65.2 Å². The number of halogens is 1. The maximum absolute atomic E-state index is 5.95. The van der Waals surface area contributed by atoms with Crippen LogP contribution < -0.4 is 11.5 Å². The van der Waals surface area contributed by atoms with Gasteiger partial charge in [-0.3, -0.25) is 0 Å². The van der Waals surface area contributed by atoms with Gasteiger partial charge in [0.15, 0.2) is 5.58 Å². The summed E-state index contributed by atoms with van der Waals surface area (Å²) >= 11 is 3.49. The molecule has 0 saturated heterocycles. The highest BCUT2D eigenvalue weighted by molar-refractivity contribution is 9.10. The summed E-state index contributed by atoms with van der Waals surface area (Å²) in [6.07, 6.45) is 0. The zero-order chi connectivity index (χ0) is 14.4. The average molecular weight is 332 g/mol. The number of fused-ring (bicyclic) bond motifs is 1. The van der Waals surface area contributed by atoms with Gasteiger partial charge in [0.2, 0.25) is 5.89 Å². The smallest absolute Gasteiger partial charge is 0.227 e. The van der Waals surface area contributed by atoms with Crippen molar-refractivity contribution in [3.05, 3.63) is 39.9 Å². The van der Waals surface area contributed by atoms with Crippen LogP contribution in [0.25, 0.3) is 22.6 Å². The van der Waals surface area contributed by atoms with E-state index in [2.05, 4.69) is 20.9 Å². The van der Waals surface area contributed by atoms with E-state index in [1.165, 1.54) is 0 Å². The molecule has 102 valence electrons. The maximum Gasteiger partial charge on any atom is 0.227 e. The third-order valence-corrected chi connectivity index (χ3v) is 3.91. The molecule has 0 fully saturated rings. The third kappa shape index (κ3) is 2.04. The van der Waals surface area contributed by atoms with Crippen LogP contribution >= 0.6 is 15.9 Å². The lowest BCUT2D eigenvalue weighted by Crippen LogP contribution is -1.96. The van der Waals surface area contributed by atoms with Gasteiger partial charge in [-0.1, -0.05) is 0 Å². The Balaban J connectivity index is 2.22. The minimum atomic E-state index is 0.518. The molecular weight excluding hydrogens is 318 g/mol. The quantitative estimate of drug-likeness (QED) is 0.659. The number of aryl methyl sites for hydroxylation is 1. The Kier molecular flexibility index (Phi) is 2.94. The van der Waals surface area contributed by atoms with Crippen molar-refractivity contribution in [2.45, 2.75) is 13.8 Å². The maximum atomic E-state index is 5.95. The number of hydrogen-bond acceptors (Lipinski definition) is 4. The highest BCUT2D eigenvalue weighted by Crippen LogP contribution is 2.33. The summed E-state index contributed by atoms with van der Waals surface area (Å²) in [6, 6.07) is 7.64. The fourth-order valence-corrected chi connectivity index (χ4v) is 2.78. The first-order valence-electron chi connectivity index (χ1n) is 6.18. The molecule has 4 N–H and O–H groups in total. The molecule has 1 heterocycles. The van der Waals surface area contributed by atoms with Gasteiger partial charge in [0.1, 0.15) is 5.52 Å². The number of nitrogen functional groups attached to an aromatic ring is 2. The Morgan fingerprint density at radius 3 is 2.35 bits per heavy atom. The van der Waals surface area contributed by atoms with E-state index in [9.17, 15) is 0 Å². The average Bonchev–Trinajstić information content (AvgIpc) is 2.79. The van der Waals surface area contributed by atoms with Crippen LogP contribution in [-0.2, 0) is 0 Å². The van der Waals surface area contributed by atoms with E-state index in [-0.39, 0.29) is 0 Å². The van der Waals surface area contributed by atoms with Crippen LogP contribution in [0.1, 0.15) is 11.1 Å². The number of oxazole rings is 1. The van der Waals surface area contributed by atoms with Crippen LogP contribution in [0.2, 0.25) is 0 Å². The van der Waals surface area contributed by atoms with Crippen LogP contribution in [0.5, 0.6) is 0 Å². The zero-order valence-corrected chi connectivity index (χ0v) is 12.8. The summed E-state index contributed by atoms with van der Waals surface area (Å²) in [4.78, 5) is 4.51. The molecule has 0 aliphatic rings. The molecule has 0 amide bonds. The first-order valence-corrected chi connectivity index (χ1v) is 6.97. The number of nitrogens with two attached hydrogens (primary N) is 2. The summed E-state index contributed by atoms with van der Waals surface area (Å²) in [5, 5.41) is 0. The van der Waals surface area contributed by atoms with E-state index in [4.69, 9.17) is 15.9 Å². The summed E-state index contributed by atoms with van der Waals surface area (Å²) in [5.74, 6) is 0.518. The minimum absolute atomic E-state index is 0.518. The van der Waals surface area contributed by atoms with E-state index in [0.717, 1.165) is 32.3 Å². The van der Waals surface area contributed by atoms with E-state index in [0.29, 0.717) is 17.3 Å². The molecule has 0 aliphatic carbocycles. The molecule has 0 saturated carbocycles. The van der Waals surface area contributed by atoms with Gasteiger partial charge in [0.05, 0.1) is 4.47 Å². The van der Waals surface area contributed by atoms with E-state index < -0.39 is 0 Å². The van der Waals surface area contributed by atoms with E-state index >= 15 is 0 Å². The summed E-state index contributed by atoms with van der Waals surface area (Å²) in [5.41, 5.74) is 17.5. The molecule has 0 unspecified atom stereocenters. The fourth-order valence-electron chi connectivity index (χ4n) is 2.13. The van der Waals surface area contributed by atoms with Gasteiger partial charge in [-0.25, -0.2) is 4.98 Å². The molecule has 20 heavy (non-hydrogen) atoms. The number of nitrogens with zero attached hydrogens (tertiary/aromatic N) is 1. The molecule has 3 aromatic rings. The molecule has 1 aromatic heterocycles. The first-order chi connectivity index (χ1) is 9.45. The van der Waals surface area contributed by atoms with Crippen LogP contribution in [0.3, 0.4) is 0 Å². The predicted molar refractivity (Wildman–Crippen MR) is 85.4 cm³/mol. The number of anilines is 2. The summed E-state index contributed by atoms with van der Waals surface area (Å²) in [6.45, 7) is 3.90. The van der Waals surface area contributed by atoms with Crippen molar-refractivity contribution < 1.29 is 4.42 Å². The molecule has 0 radical (unpaired) electrons. The number of benzene rings is 2. The first kappa shape index (κ1) is 13.0. The molecule has 3 rings (SSSR count). The summed E-state index contributed by atoms with van der Waals surface area (Å²) < 4.78 is 6.71. The van der Waals surface area contributed by atoms with Crippen molar-refractivity contribution in [2.24, 2.45) is 0 Å². The van der Waals surface area contributed by atoms with Crippen molar-refractivity contribution >= 4 is 38.4 Å². The van der Waals surface area contributed by atoms with Crippen molar-refractivity contribution in [2.75, 3.05) is 11.5 Å². The number of rotatable bonds is 1. The third-order valence-electron chi connectivity index (χ3n) is 3.32. The molecule has 2 aromatic carbocycles.